The fraction of sp³-hybridized carbons (Fsp3) is 0.200. The molecule has 0 spiro atoms. The largest absolute Gasteiger partial charge is 0.383 e. The van der Waals surface area contributed by atoms with E-state index in [1.165, 1.54) is 11.3 Å². The van der Waals surface area contributed by atoms with Gasteiger partial charge < -0.3 is 15.9 Å². The fourth-order valence-electron chi connectivity index (χ4n) is 1.64. The van der Waals surface area contributed by atoms with Gasteiger partial charge >= 0.3 is 0 Å². The highest BCUT2D eigenvalue weighted by molar-refractivity contribution is 7.17. The second-order valence-corrected chi connectivity index (χ2v) is 5.73. The van der Waals surface area contributed by atoms with Gasteiger partial charge in [0.2, 0.25) is 0 Å². The lowest BCUT2D eigenvalue weighted by molar-refractivity contribution is 0.0962. The van der Waals surface area contributed by atoms with E-state index < -0.39 is 0 Å². The van der Waals surface area contributed by atoms with E-state index >= 15 is 0 Å². The molecule has 2 aromatic rings. The van der Waals surface area contributed by atoms with E-state index in [2.05, 4.69) is 27.0 Å². The maximum atomic E-state index is 12.2. The summed E-state index contributed by atoms with van der Waals surface area (Å²) in [5.74, 6) is 0.304. The lowest BCUT2D eigenvalue weighted by Crippen LogP contribution is -2.33. The number of nitrogens with two attached hydrogens (primary N) is 1. The van der Waals surface area contributed by atoms with Crippen molar-refractivity contribution in [3.05, 3.63) is 47.4 Å². The first kappa shape index (κ1) is 16.6. The Balaban J connectivity index is 2.04. The van der Waals surface area contributed by atoms with Gasteiger partial charge in [0.05, 0.1) is 12.2 Å². The molecule has 7 nitrogen and oxygen atoms in total. The SMILES string of the molecule is C=C(C)O/N=C(\N)CNC(=O)c1sc(-c2cccnc2)nc1C. The van der Waals surface area contributed by atoms with Crippen LogP contribution >= 0.6 is 11.3 Å². The predicted octanol–water partition coefficient (Wildman–Crippen LogP) is 2.07. The normalized spacial score (nSPS) is 11.1. The quantitative estimate of drug-likeness (QED) is 0.365. The van der Waals surface area contributed by atoms with E-state index in [0.717, 1.165) is 10.6 Å². The summed E-state index contributed by atoms with van der Waals surface area (Å²) in [7, 11) is 0. The molecule has 0 aliphatic heterocycles. The van der Waals surface area contributed by atoms with Crippen molar-refractivity contribution < 1.29 is 9.63 Å². The number of aromatic nitrogens is 2. The van der Waals surface area contributed by atoms with E-state index in [-0.39, 0.29) is 18.3 Å². The third-order valence-corrected chi connectivity index (χ3v) is 3.87. The van der Waals surface area contributed by atoms with Crippen molar-refractivity contribution in [3.8, 4) is 10.6 Å². The molecule has 0 saturated heterocycles. The standard InChI is InChI=1S/C15H17N5O2S/c1-9(2)22-20-12(16)8-18-14(21)13-10(3)19-15(23-13)11-5-4-6-17-7-11/h4-7H,1,8H2,2-3H3,(H2,16,20)(H,18,21). The zero-order chi connectivity index (χ0) is 16.8. The number of amides is 1. The van der Waals surface area contributed by atoms with Crippen LogP contribution in [0.15, 0.2) is 42.0 Å². The first-order chi connectivity index (χ1) is 11.0. The molecule has 2 rings (SSSR count). The smallest absolute Gasteiger partial charge is 0.263 e. The molecule has 2 aromatic heterocycles. The number of nitrogens with zero attached hydrogens (tertiary/aromatic N) is 3. The zero-order valence-corrected chi connectivity index (χ0v) is 13.7. The molecule has 0 aromatic carbocycles. The van der Waals surface area contributed by atoms with Crippen molar-refractivity contribution in [1.82, 2.24) is 15.3 Å². The van der Waals surface area contributed by atoms with Crippen molar-refractivity contribution in [2.24, 2.45) is 10.9 Å². The lowest BCUT2D eigenvalue weighted by atomic mass is 10.3. The van der Waals surface area contributed by atoms with Gasteiger partial charge in [-0.3, -0.25) is 9.78 Å². The third kappa shape index (κ3) is 4.62. The monoisotopic (exact) mass is 331 g/mol. The summed E-state index contributed by atoms with van der Waals surface area (Å²) in [5, 5.41) is 7.05. The van der Waals surface area contributed by atoms with Crippen LogP contribution in [0.5, 0.6) is 0 Å². The molecule has 0 aliphatic rings. The Bertz CT molecular complexity index is 740. The van der Waals surface area contributed by atoms with E-state index in [1.54, 1.807) is 26.2 Å². The van der Waals surface area contributed by atoms with Crippen LogP contribution in [0.2, 0.25) is 0 Å². The molecular weight excluding hydrogens is 314 g/mol. The first-order valence-electron chi connectivity index (χ1n) is 6.78. The molecule has 0 bridgehead atoms. The van der Waals surface area contributed by atoms with Gasteiger partial charge in [-0.2, -0.15) is 0 Å². The molecule has 8 heteroatoms. The molecule has 0 radical (unpaired) electrons. The Hall–Kier alpha value is -2.74. The summed E-state index contributed by atoms with van der Waals surface area (Å²) in [4.78, 5) is 26.0. The molecular formula is C15H17N5O2S. The number of rotatable bonds is 6. The Morgan fingerprint density at radius 1 is 1.57 bits per heavy atom. The van der Waals surface area contributed by atoms with Crippen LogP contribution < -0.4 is 11.1 Å². The van der Waals surface area contributed by atoms with Crippen LogP contribution in [0.4, 0.5) is 0 Å². The van der Waals surface area contributed by atoms with Crippen LogP contribution in [-0.4, -0.2) is 28.3 Å². The second kappa shape index (κ2) is 7.50. The number of thiazole rings is 1. The van der Waals surface area contributed by atoms with Crippen LogP contribution in [-0.2, 0) is 4.84 Å². The van der Waals surface area contributed by atoms with Gasteiger partial charge in [-0.1, -0.05) is 11.7 Å². The van der Waals surface area contributed by atoms with Gasteiger partial charge in [0.15, 0.2) is 5.84 Å². The molecule has 1 amide bonds. The van der Waals surface area contributed by atoms with Crippen molar-refractivity contribution in [3.63, 3.8) is 0 Å². The molecule has 0 unspecified atom stereocenters. The minimum atomic E-state index is -0.261. The van der Waals surface area contributed by atoms with Gasteiger partial charge in [-0.15, -0.1) is 11.3 Å². The first-order valence-corrected chi connectivity index (χ1v) is 7.60. The number of aryl methyl sites for hydroxylation is 1. The number of pyridine rings is 1. The number of amidine groups is 1. The van der Waals surface area contributed by atoms with Gasteiger partial charge in [0.25, 0.3) is 5.91 Å². The maximum Gasteiger partial charge on any atom is 0.263 e. The summed E-state index contributed by atoms with van der Waals surface area (Å²) >= 11 is 1.30. The summed E-state index contributed by atoms with van der Waals surface area (Å²) in [6.45, 7) is 7.04. The maximum absolute atomic E-state index is 12.2. The summed E-state index contributed by atoms with van der Waals surface area (Å²) in [5.41, 5.74) is 7.16. The van der Waals surface area contributed by atoms with Gasteiger partial charge in [-0.25, -0.2) is 4.98 Å². The Kier molecular flexibility index (Phi) is 5.42. The van der Waals surface area contributed by atoms with E-state index in [4.69, 9.17) is 10.6 Å². The van der Waals surface area contributed by atoms with Crippen molar-refractivity contribution in [2.75, 3.05) is 6.54 Å². The van der Waals surface area contributed by atoms with Gasteiger partial charge in [0.1, 0.15) is 15.6 Å². The number of hydrogen-bond donors (Lipinski definition) is 2. The number of nitrogens with one attached hydrogen (secondary N) is 1. The summed E-state index contributed by atoms with van der Waals surface area (Å²) < 4.78 is 0. The number of hydrogen-bond acceptors (Lipinski definition) is 6. The minimum absolute atomic E-state index is 0.0751. The summed E-state index contributed by atoms with van der Waals surface area (Å²) in [6.07, 6.45) is 3.40. The number of carbonyl (C=O) groups excluding carboxylic acids is 1. The van der Waals surface area contributed by atoms with Crippen LogP contribution in [0.3, 0.4) is 0 Å². The fourth-order valence-corrected chi connectivity index (χ4v) is 2.61. The average molecular weight is 331 g/mol. The highest BCUT2D eigenvalue weighted by Gasteiger charge is 2.16. The molecule has 0 saturated carbocycles. The third-order valence-electron chi connectivity index (χ3n) is 2.66. The van der Waals surface area contributed by atoms with Crippen LogP contribution in [0.1, 0.15) is 22.3 Å². The minimum Gasteiger partial charge on any atom is -0.383 e. The van der Waals surface area contributed by atoms with Crippen LogP contribution in [0.25, 0.3) is 10.6 Å². The van der Waals surface area contributed by atoms with E-state index in [0.29, 0.717) is 16.3 Å². The Morgan fingerprint density at radius 3 is 3.00 bits per heavy atom. The van der Waals surface area contributed by atoms with Crippen molar-refractivity contribution >= 4 is 23.1 Å². The molecule has 0 fully saturated rings. The number of carbonyl (C=O) groups is 1. The van der Waals surface area contributed by atoms with E-state index in [1.807, 2.05) is 12.1 Å². The molecule has 120 valence electrons. The molecule has 0 atom stereocenters. The lowest BCUT2D eigenvalue weighted by Gasteiger charge is -2.03. The molecule has 3 N–H and O–H groups in total. The zero-order valence-electron chi connectivity index (χ0n) is 12.9. The Labute approximate surface area is 137 Å². The topological polar surface area (TPSA) is 102 Å². The van der Waals surface area contributed by atoms with Gasteiger partial charge in [-0.05, 0) is 26.0 Å². The number of allylic oxidation sites excluding steroid dienone is 1. The number of oxime groups is 1. The highest BCUT2D eigenvalue weighted by Crippen LogP contribution is 2.27. The van der Waals surface area contributed by atoms with Crippen molar-refractivity contribution in [1.29, 1.82) is 0 Å². The van der Waals surface area contributed by atoms with E-state index in [9.17, 15) is 4.79 Å². The summed E-state index contributed by atoms with van der Waals surface area (Å²) in [6, 6.07) is 3.72. The van der Waals surface area contributed by atoms with Crippen molar-refractivity contribution in [2.45, 2.75) is 13.8 Å². The molecule has 23 heavy (non-hydrogen) atoms. The highest BCUT2D eigenvalue weighted by atomic mass is 32.1. The average Bonchev–Trinajstić information content (AvgIpc) is 2.93. The second-order valence-electron chi connectivity index (χ2n) is 4.73. The molecule has 2 heterocycles. The Morgan fingerprint density at radius 2 is 2.35 bits per heavy atom. The van der Waals surface area contributed by atoms with Gasteiger partial charge in [0, 0.05) is 18.0 Å². The molecule has 0 aliphatic carbocycles. The predicted molar refractivity (Wildman–Crippen MR) is 89.9 cm³/mol. The van der Waals surface area contributed by atoms with Crippen LogP contribution in [0, 0.1) is 6.92 Å².